The molecule has 20 heavy (non-hydrogen) atoms. The van der Waals surface area contributed by atoms with Crippen LogP contribution in [0, 0.1) is 11.8 Å². The smallest absolute Gasteiger partial charge is 0.138 e. The number of rotatable bonds is 4. The summed E-state index contributed by atoms with van der Waals surface area (Å²) < 4.78 is 11.8. The third-order valence-electron chi connectivity index (χ3n) is 4.39. The fraction of sp³-hybridized carbons (Fsp3) is 0.625. The van der Waals surface area contributed by atoms with Crippen molar-refractivity contribution >= 4 is 11.6 Å². The van der Waals surface area contributed by atoms with Crippen molar-refractivity contribution in [1.82, 2.24) is 5.32 Å². The molecule has 2 aliphatic heterocycles. The SMILES string of the molecule is Clc1ccccc1O[C@@H](C1CCOCC1)C1CCNC1. The van der Waals surface area contributed by atoms with Crippen LogP contribution in [0.4, 0.5) is 0 Å². The number of ether oxygens (including phenoxy) is 2. The van der Waals surface area contributed by atoms with Crippen LogP contribution in [0.25, 0.3) is 0 Å². The van der Waals surface area contributed by atoms with Crippen LogP contribution in [0.15, 0.2) is 24.3 Å². The second-order valence-corrected chi connectivity index (χ2v) is 6.12. The van der Waals surface area contributed by atoms with Crippen molar-refractivity contribution in [2.45, 2.75) is 25.4 Å². The Morgan fingerprint density at radius 2 is 1.95 bits per heavy atom. The van der Waals surface area contributed by atoms with Crippen LogP contribution in [0.5, 0.6) is 5.75 Å². The first-order chi connectivity index (χ1) is 9.84. The van der Waals surface area contributed by atoms with Gasteiger partial charge in [0.2, 0.25) is 0 Å². The monoisotopic (exact) mass is 295 g/mol. The maximum atomic E-state index is 6.34. The number of halogens is 1. The molecule has 0 radical (unpaired) electrons. The molecule has 1 N–H and O–H groups in total. The topological polar surface area (TPSA) is 30.5 Å². The minimum absolute atomic E-state index is 0.244. The van der Waals surface area contributed by atoms with Gasteiger partial charge in [-0.15, -0.1) is 0 Å². The lowest BCUT2D eigenvalue weighted by Gasteiger charge is -2.34. The van der Waals surface area contributed by atoms with Crippen molar-refractivity contribution in [3.63, 3.8) is 0 Å². The zero-order valence-electron chi connectivity index (χ0n) is 11.7. The highest BCUT2D eigenvalue weighted by Crippen LogP contribution is 2.33. The predicted octanol–water partition coefficient (Wildman–Crippen LogP) is 3.12. The van der Waals surface area contributed by atoms with Gasteiger partial charge < -0.3 is 14.8 Å². The van der Waals surface area contributed by atoms with Gasteiger partial charge in [0.05, 0.1) is 5.02 Å². The average molecular weight is 296 g/mol. The maximum absolute atomic E-state index is 6.34. The van der Waals surface area contributed by atoms with Gasteiger partial charge in [-0.05, 0) is 37.9 Å². The first-order valence-corrected chi connectivity index (χ1v) is 7.92. The molecular formula is C16H22ClNO2. The molecule has 2 saturated heterocycles. The molecule has 2 aliphatic rings. The van der Waals surface area contributed by atoms with E-state index in [1.165, 1.54) is 6.42 Å². The Morgan fingerprint density at radius 1 is 1.15 bits per heavy atom. The van der Waals surface area contributed by atoms with Crippen LogP contribution in [0.3, 0.4) is 0 Å². The Bertz CT molecular complexity index is 428. The van der Waals surface area contributed by atoms with Crippen LogP contribution < -0.4 is 10.1 Å². The van der Waals surface area contributed by atoms with Gasteiger partial charge in [-0.2, -0.15) is 0 Å². The summed E-state index contributed by atoms with van der Waals surface area (Å²) in [7, 11) is 0. The summed E-state index contributed by atoms with van der Waals surface area (Å²) in [5.41, 5.74) is 0. The summed E-state index contributed by atoms with van der Waals surface area (Å²) in [4.78, 5) is 0. The minimum atomic E-state index is 0.244. The van der Waals surface area contributed by atoms with E-state index >= 15 is 0 Å². The van der Waals surface area contributed by atoms with Gasteiger partial charge in [0.25, 0.3) is 0 Å². The van der Waals surface area contributed by atoms with Gasteiger partial charge in [-0.25, -0.2) is 0 Å². The van der Waals surface area contributed by atoms with Crippen molar-refractivity contribution in [3.05, 3.63) is 29.3 Å². The van der Waals surface area contributed by atoms with E-state index in [2.05, 4.69) is 5.32 Å². The van der Waals surface area contributed by atoms with Gasteiger partial charge in [-0.3, -0.25) is 0 Å². The molecule has 1 unspecified atom stereocenters. The highest BCUT2D eigenvalue weighted by molar-refractivity contribution is 6.32. The van der Waals surface area contributed by atoms with Gasteiger partial charge in [0.1, 0.15) is 11.9 Å². The number of nitrogens with one attached hydrogen (secondary N) is 1. The fourth-order valence-electron chi connectivity index (χ4n) is 3.27. The molecule has 1 aromatic carbocycles. The number of benzene rings is 1. The lowest BCUT2D eigenvalue weighted by molar-refractivity contribution is -0.00129. The van der Waals surface area contributed by atoms with Crippen molar-refractivity contribution in [3.8, 4) is 5.75 Å². The lowest BCUT2D eigenvalue weighted by atomic mass is 9.85. The van der Waals surface area contributed by atoms with Gasteiger partial charge >= 0.3 is 0 Å². The van der Waals surface area contributed by atoms with E-state index in [1.54, 1.807) is 0 Å². The van der Waals surface area contributed by atoms with Crippen LogP contribution in [0.2, 0.25) is 5.02 Å². The molecule has 0 aliphatic carbocycles. The summed E-state index contributed by atoms with van der Waals surface area (Å²) in [5, 5.41) is 4.15. The molecule has 3 nitrogen and oxygen atoms in total. The maximum Gasteiger partial charge on any atom is 0.138 e. The van der Waals surface area contributed by atoms with Gasteiger partial charge in [0.15, 0.2) is 0 Å². The van der Waals surface area contributed by atoms with E-state index in [1.807, 2.05) is 24.3 Å². The first-order valence-electron chi connectivity index (χ1n) is 7.54. The Hall–Kier alpha value is -0.770. The third-order valence-corrected chi connectivity index (χ3v) is 4.71. The molecule has 110 valence electrons. The van der Waals surface area contributed by atoms with Crippen LogP contribution in [-0.4, -0.2) is 32.4 Å². The molecule has 1 aromatic rings. The van der Waals surface area contributed by atoms with E-state index in [-0.39, 0.29) is 6.10 Å². The Labute approximate surface area is 125 Å². The van der Waals surface area contributed by atoms with Crippen molar-refractivity contribution < 1.29 is 9.47 Å². The molecule has 3 rings (SSSR count). The van der Waals surface area contributed by atoms with E-state index in [0.717, 1.165) is 44.9 Å². The zero-order chi connectivity index (χ0) is 13.8. The Balaban J connectivity index is 1.75. The molecule has 0 aromatic heterocycles. The quantitative estimate of drug-likeness (QED) is 0.926. The molecule has 0 amide bonds. The summed E-state index contributed by atoms with van der Waals surface area (Å²) in [6.45, 7) is 3.85. The Morgan fingerprint density at radius 3 is 2.65 bits per heavy atom. The lowest BCUT2D eigenvalue weighted by Crippen LogP contribution is -2.39. The van der Waals surface area contributed by atoms with Crippen molar-refractivity contribution in [1.29, 1.82) is 0 Å². The van der Waals surface area contributed by atoms with E-state index in [9.17, 15) is 0 Å². The molecule has 0 saturated carbocycles. The second-order valence-electron chi connectivity index (χ2n) is 5.72. The summed E-state index contributed by atoms with van der Waals surface area (Å²) >= 11 is 6.25. The normalized spacial score (nSPS) is 25.6. The van der Waals surface area contributed by atoms with E-state index < -0.39 is 0 Å². The number of para-hydroxylation sites is 1. The van der Waals surface area contributed by atoms with E-state index in [0.29, 0.717) is 16.9 Å². The molecule has 2 atom stereocenters. The standard InChI is InChI=1S/C16H22ClNO2/c17-14-3-1-2-4-15(14)20-16(13-5-8-18-11-13)12-6-9-19-10-7-12/h1-4,12-13,16,18H,5-11H2/t13?,16-/m0/s1. The Kier molecular flexibility index (Phi) is 4.81. The third kappa shape index (κ3) is 3.27. The first kappa shape index (κ1) is 14.2. The highest BCUT2D eigenvalue weighted by atomic mass is 35.5. The van der Waals surface area contributed by atoms with Crippen LogP contribution in [-0.2, 0) is 4.74 Å². The minimum Gasteiger partial charge on any atom is -0.488 e. The van der Waals surface area contributed by atoms with Crippen LogP contribution in [0.1, 0.15) is 19.3 Å². The predicted molar refractivity (Wildman–Crippen MR) is 80.4 cm³/mol. The van der Waals surface area contributed by atoms with Crippen molar-refractivity contribution in [2.75, 3.05) is 26.3 Å². The van der Waals surface area contributed by atoms with Crippen molar-refractivity contribution in [2.24, 2.45) is 11.8 Å². The number of hydrogen-bond acceptors (Lipinski definition) is 3. The summed E-state index contributed by atoms with van der Waals surface area (Å²) in [5.74, 6) is 1.97. The highest BCUT2D eigenvalue weighted by Gasteiger charge is 2.34. The van der Waals surface area contributed by atoms with Crippen LogP contribution >= 0.6 is 11.6 Å². The fourth-order valence-corrected chi connectivity index (χ4v) is 3.45. The van der Waals surface area contributed by atoms with Gasteiger partial charge in [0, 0.05) is 31.6 Å². The number of hydrogen-bond donors (Lipinski definition) is 1. The van der Waals surface area contributed by atoms with E-state index in [4.69, 9.17) is 21.1 Å². The second kappa shape index (κ2) is 6.79. The largest absolute Gasteiger partial charge is 0.488 e. The zero-order valence-corrected chi connectivity index (χ0v) is 12.4. The molecule has 2 heterocycles. The summed E-state index contributed by atoms with van der Waals surface area (Å²) in [6, 6.07) is 7.78. The molecule has 0 bridgehead atoms. The average Bonchev–Trinajstić information content (AvgIpc) is 3.01. The molecule has 0 spiro atoms. The molecule has 4 heteroatoms. The molecular weight excluding hydrogens is 274 g/mol. The van der Waals surface area contributed by atoms with Gasteiger partial charge in [-0.1, -0.05) is 23.7 Å². The molecule has 2 fully saturated rings. The summed E-state index contributed by atoms with van der Waals surface area (Å²) in [6.07, 6.45) is 3.61.